The second-order valence-corrected chi connectivity index (χ2v) is 7.73. The van der Waals surface area contributed by atoms with Gasteiger partial charge in [-0.05, 0) is 27.7 Å². The molecule has 1 saturated heterocycles. The fourth-order valence-corrected chi connectivity index (χ4v) is 3.02. The third-order valence-corrected chi connectivity index (χ3v) is 4.67. The Morgan fingerprint density at radius 3 is 1.92 bits per heavy atom. The maximum Gasteiger partial charge on any atom is 0.219 e. The van der Waals surface area contributed by atoms with E-state index in [1.165, 1.54) is 4.31 Å². The van der Waals surface area contributed by atoms with Gasteiger partial charge in [-0.25, -0.2) is 8.42 Å². The van der Waals surface area contributed by atoms with Crippen molar-refractivity contribution in [1.82, 2.24) is 4.31 Å². The second-order valence-electron chi connectivity index (χ2n) is 5.04. The van der Waals surface area contributed by atoms with E-state index in [0.717, 1.165) is 0 Å². The Labute approximate surface area is 80.1 Å². The molecule has 0 amide bonds. The molecule has 5 heteroatoms. The fourth-order valence-electron chi connectivity index (χ4n) is 1.32. The molecule has 1 aliphatic heterocycles. The molecule has 0 aliphatic carbocycles. The predicted octanol–water partition coefficient (Wildman–Crippen LogP) is 0.148. The highest BCUT2D eigenvalue weighted by Gasteiger charge is 2.46. The largest absolute Gasteiger partial charge is 0.323 e. The van der Waals surface area contributed by atoms with E-state index in [1.54, 1.807) is 20.8 Å². The lowest BCUT2D eigenvalue weighted by atomic mass is 9.97. The molecular weight excluding hydrogens is 188 g/mol. The standard InChI is InChI=1S/C8H18N2O2S/c1-7(2,3)13(11,12)10-5-8(4,9)6-10/h5-6,9H2,1-4H3. The zero-order valence-electron chi connectivity index (χ0n) is 8.66. The summed E-state index contributed by atoms with van der Waals surface area (Å²) in [5.41, 5.74) is 5.41. The van der Waals surface area contributed by atoms with Crippen molar-refractivity contribution < 1.29 is 8.42 Å². The Bertz CT molecular complexity index is 293. The normalized spacial score (nSPS) is 24.1. The van der Waals surface area contributed by atoms with Crippen molar-refractivity contribution in [2.45, 2.75) is 38.0 Å². The molecule has 0 bridgehead atoms. The van der Waals surface area contributed by atoms with E-state index < -0.39 is 14.8 Å². The molecule has 0 aromatic rings. The molecule has 0 radical (unpaired) electrons. The quantitative estimate of drug-likeness (QED) is 0.664. The van der Waals surface area contributed by atoms with Crippen LogP contribution in [0.4, 0.5) is 0 Å². The van der Waals surface area contributed by atoms with E-state index in [4.69, 9.17) is 5.73 Å². The Morgan fingerprint density at radius 2 is 1.69 bits per heavy atom. The molecule has 4 nitrogen and oxygen atoms in total. The highest BCUT2D eigenvalue weighted by Crippen LogP contribution is 2.28. The van der Waals surface area contributed by atoms with Gasteiger partial charge in [-0.15, -0.1) is 0 Å². The SMILES string of the molecule is CC1(N)CN(S(=O)(=O)C(C)(C)C)C1. The zero-order valence-corrected chi connectivity index (χ0v) is 9.48. The van der Waals surface area contributed by atoms with Gasteiger partial charge in [-0.3, -0.25) is 0 Å². The first-order valence-corrected chi connectivity index (χ1v) is 5.79. The summed E-state index contributed by atoms with van der Waals surface area (Å²) in [6, 6.07) is 0. The molecule has 2 N–H and O–H groups in total. The van der Waals surface area contributed by atoms with Crippen LogP contribution in [0, 0.1) is 0 Å². The summed E-state index contributed by atoms with van der Waals surface area (Å²) >= 11 is 0. The minimum atomic E-state index is -3.16. The van der Waals surface area contributed by atoms with Gasteiger partial charge in [0, 0.05) is 18.6 Å². The Kier molecular flexibility index (Phi) is 2.26. The maximum atomic E-state index is 11.8. The van der Waals surface area contributed by atoms with Gasteiger partial charge in [0.25, 0.3) is 0 Å². The molecule has 1 rings (SSSR count). The first-order valence-electron chi connectivity index (χ1n) is 4.35. The predicted molar refractivity (Wildman–Crippen MR) is 52.8 cm³/mol. The van der Waals surface area contributed by atoms with Crippen molar-refractivity contribution >= 4 is 10.0 Å². The van der Waals surface area contributed by atoms with Crippen LogP contribution in [0.15, 0.2) is 0 Å². The number of nitrogens with zero attached hydrogens (tertiary/aromatic N) is 1. The van der Waals surface area contributed by atoms with Crippen molar-refractivity contribution in [1.29, 1.82) is 0 Å². The van der Waals surface area contributed by atoms with Gasteiger partial charge >= 0.3 is 0 Å². The number of hydrogen-bond acceptors (Lipinski definition) is 3. The minimum Gasteiger partial charge on any atom is -0.323 e. The third kappa shape index (κ3) is 1.87. The molecule has 0 spiro atoms. The lowest BCUT2D eigenvalue weighted by Gasteiger charge is -2.46. The van der Waals surface area contributed by atoms with Gasteiger partial charge in [-0.2, -0.15) is 4.31 Å². The fraction of sp³-hybridized carbons (Fsp3) is 1.00. The smallest absolute Gasteiger partial charge is 0.219 e. The van der Waals surface area contributed by atoms with Crippen LogP contribution in [0.1, 0.15) is 27.7 Å². The first kappa shape index (κ1) is 10.9. The lowest BCUT2D eigenvalue weighted by Crippen LogP contribution is -2.68. The van der Waals surface area contributed by atoms with Gasteiger partial charge in [0.15, 0.2) is 0 Å². The molecule has 0 unspecified atom stereocenters. The van der Waals surface area contributed by atoms with E-state index in [2.05, 4.69) is 0 Å². The molecule has 0 atom stereocenters. The van der Waals surface area contributed by atoms with E-state index in [9.17, 15) is 8.42 Å². The van der Waals surface area contributed by atoms with Crippen LogP contribution in [0.5, 0.6) is 0 Å². The van der Waals surface area contributed by atoms with Crippen LogP contribution in [0.25, 0.3) is 0 Å². The molecule has 0 aromatic heterocycles. The molecular formula is C8H18N2O2S. The topological polar surface area (TPSA) is 63.4 Å². The summed E-state index contributed by atoms with van der Waals surface area (Å²) in [6.07, 6.45) is 0. The molecule has 78 valence electrons. The summed E-state index contributed by atoms with van der Waals surface area (Å²) in [6.45, 7) is 7.85. The molecule has 0 aromatic carbocycles. The molecule has 1 aliphatic rings. The van der Waals surface area contributed by atoms with Crippen LogP contribution in [0.3, 0.4) is 0 Å². The molecule has 13 heavy (non-hydrogen) atoms. The van der Waals surface area contributed by atoms with E-state index in [-0.39, 0.29) is 5.54 Å². The van der Waals surface area contributed by atoms with Crippen LogP contribution >= 0.6 is 0 Å². The first-order chi connectivity index (χ1) is 5.56. The summed E-state index contributed by atoms with van der Waals surface area (Å²) < 4.78 is 24.3. The van der Waals surface area contributed by atoms with Gasteiger partial charge in [-0.1, -0.05) is 0 Å². The highest BCUT2D eigenvalue weighted by molar-refractivity contribution is 7.90. The summed E-state index contributed by atoms with van der Waals surface area (Å²) in [7, 11) is -3.16. The Balaban J connectivity index is 2.77. The molecule has 1 heterocycles. The van der Waals surface area contributed by atoms with Crippen LogP contribution in [-0.2, 0) is 10.0 Å². The van der Waals surface area contributed by atoms with Crippen LogP contribution < -0.4 is 5.73 Å². The van der Waals surface area contributed by atoms with E-state index in [1.807, 2.05) is 6.92 Å². The van der Waals surface area contributed by atoms with Gasteiger partial charge in [0.1, 0.15) is 0 Å². The monoisotopic (exact) mass is 206 g/mol. The molecule has 0 saturated carbocycles. The zero-order chi connectivity index (χ0) is 10.5. The highest BCUT2D eigenvalue weighted by atomic mass is 32.2. The summed E-state index contributed by atoms with van der Waals surface area (Å²) in [4.78, 5) is 0. The van der Waals surface area contributed by atoms with Crippen molar-refractivity contribution in [2.24, 2.45) is 5.73 Å². The van der Waals surface area contributed by atoms with Crippen LogP contribution in [-0.4, -0.2) is 36.1 Å². The van der Waals surface area contributed by atoms with E-state index >= 15 is 0 Å². The number of sulfonamides is 1. The number of nitrogens with two attached hydrogens (primary N) is 1. The number of hydrogen-bond donors (Lipinski definition) is 1. The summed E-state index contributed by atoms with van der Waals surface area (Å²) in [5, 5.41) is 0. The van der Waals surface area contributed by atoms with E-state index in [0.29, 0.717) is 13.1 Å². The average molecular weight is 206 g/mol. The third-order valence-electron chi connectivity index (χ3n) is 2.19. The van der Waals surface area contributed by atoms with Crippen molar-refractivity contribution in [3.8, 4) is 0 Å². The average Bonchev–Trinajstić information content (AvgIpc) is 1.79. The Hall–Kier alpha value is -0.130. The second kappa shape index (κ2) is 2.68. The summed E-state index contributed by atoms with van der Waals surface area (Å²) in [5.74, 6) is 0. The van der Waals surface area contributed by atoms with Gasteiger partial charge in [0.2, 0.25) is 10.0 Å². The number of rotatable bonds is 1. The van der Waals surface area contributed by atoms with Crippen molar-refractivity contribution in [3.63, 3.8) is 0 Å². The van der Waals surface area contributed by atoms with Crippen molar-refractivity contribution in [3.05, 3.63) is 0 Å². The minimum absolute atomic E-state index is 0.335. The molecule has 1 fully saturated rings. The van der Waals surface area contributed by atoms with Crippen molar-refractivity contribution in [2.75, 3.05) is 13.1 Å². The Morgan fingerprint density at radius 1 is 1.31 bits per heavy atom. The maximum absolute atomic E-state index is 11.8. The van der Waals surface area contributed by atoms with Crippen LogP contribution in [0.2, 0.25) is 0 Å². The van der Waals surface area contributed by atoms with Gasteiger partial charge < -0.3 is 5.73 Å². The lowest BCUT2D eigenvalue weighted by molar-refractivity contribution is 0.172. The van der Waals surface area contributed by atoms with Gasteiger partial charge in [0.05, 0.1) is 4.75 Å².